The fraction of sp³-hybridized carbons (Fsp3) is 1.00. The summed E-state index contributed by atoms with van der Waals surface area (Å²) in [5, 5.41) is 0. The highest BCUT2D eigenvalue weighted by Gasteiger charge is 2.31. The van der Waals surface area contributed by atoms with Gasteiger partial charge in [0.1, 0.15) is 0 Å². The molecule has 1 fully saturated rings. The minimum Gasteiger partial charge on any atom is -0.0776 e. The molecule has 0 aliphatic heterocycles. The fourth-order valence-electron chi connectivity index (χ4n) is 2.67. The van der Waals surface area contributed by atoms with Crippen LogP contribution in [0.15, 0.2) is 0 Å². The SMILES string of the molecule is C.CC(C)[C@H]1CCC[C@H]1C(C)C. The first-order valence-electron chi connectivity index (χ1n) is 5.13. The first-order chi connectivity index (χ1) is 5.13. The molecule has 2 atom stereocenters. The third-order valence-corrected chi connectivity index (χ3v) is 3.34. The van der Waals surface area contributed by atoms with Crippen LogP contribution in [0.3, 0.4) is 0 Å². The van der Waals surface area contributed by atoms with Crippen molar-refractivity contribution in [2.75, 3.05) is 0 Å². The van der Waals surface area contributed by atoms with E-state index in [1.807, 2.05) is 0 Å². The Balaban J connectivity index is 0.00000121. The summed E-state index contributed by atoms with van der Waals surface area (Å²) >= 11 is 0. The Labute approximate surface area is 78.8 Å². The van der Waals surface area contributed by atoms with Crippen LogP contribution in [0.25, 0.3) is 0 Å². The number of hydrogen-bond acceptors (Lipinski definition) is 0. The normalized spacial score (nSPS) is 29.5. The van der Waals surface area contributed by atoms with Crippen molar-refractivity contribution >= 4 is 0 Å². The van der Waals surface area contributed by atoms with Crippen LogP contribution in [0.2, 0.25) is 0 Å². The summed E-state index contributed by atoms with van der Waals surface area (Å²) in [6.07, 6.45) is 4.45. The smallest absolute Gasteiger partial charge is 0.0360 e. The van der Waals surface area contributed by atoms with E-state index in [1.54, 1.807) is 0 Å². The highest BCUT2D eigenvalue weighted by Crippen LogP contribution is 2.40. The highest BCUT2D eigenvalue weighted by atomic mass is 14.4. The number of rotatable bonds is 2. The average Bonchev–Trinajstić information content (AvgIpc) is 2.32. The Kier molecular flexibility index (Phi) is 4.89. The minimum absolute atomic E-state index is 0. The van der Waals surface area contributed by atoms with E-state index in [2.05, 4.69) is 27.7 Å². The molecule has 1 saturated carbocycles. The lowest BCUT2D eigenvalue weighted by atomic mass is 9.80. The van der Waals surface area contributed by atoms with Crippen LogP contribution < -0.4 is 0 Å². The van der Waals surface area contributed by atoms with Gasteiger partial charge >= 0.3 is 0 Å². The summed E-state index contributed by atoms with van der Waals surface area (Å²) in [6.45, 7) is 9.52. The summed E-state index contributed by atoms with van der Waals surface area (Å²) in [5.74, 6) is 3.86. The molecule has 0 heteroatoms. The van der Waals surface area contributed by atoms with Gasteiger partial charge in [-0.25, -0.2) is 0 Å². The third kappa shape index (κ3) is 2.50. The van der Waals surface area contributed by atoms with Gasteiger partial charge in [0.2, 0.25) is 0 Å². The standard InChI is InChI=1S/C11H22.CH4/c1-8(2)10-6-5-7-11(10)9(3)4;/h8-11H,5-7H2,1-4H3;1H4/t10-,11+;. The average molecular weight is 170 g/mol. The van der Waals surface area contributed by atoms with Gasteiger partial charge in [0.15, 0.2) is 0 Å². The molecule has 0 aromatic rings. The largest absolute Gasteiger partial charge is 0.0776 e. The van der Waals surface area contributed by atoms with Crippen molar-refractivity contribution in [3.8, 4) is 0 Å². The third-order valence-electron chi connectivity index (χ3n) is 3.34. The van der Waals surface area contributed by atoms with E-state index in [0.717, 1.165) is 23.7 Å². The van der Waals surface area contributed by atoms with E-state index in [9.17, 15) is 0 Å². The van der Waals surface area contributed by atoms with Crippen LogP contribution in [0.5, 0.6) is 0 Å². The summed E-state index contributed by atoms with van der Waals surface area (Å²) in [6, 6.07) is 0. The molecule has 0 nitrogen and oxygen atoms in total. The molecule has 0 aromatic carbocycles. The monoisotopic (exact) mass is 170 g/mol. The van der Waals surface area contributed by atoms with E-state index in [1.165, 1.54) is 19.3 Å². The second-order valence-electron chi connectivity index (χ2n) is 4.75. The summed E-state index contributed by atoms with van der Waals surface area (Å²) in [4.78, 5) is 0. The Bertz CT molecular complexity index is 99.2. The van der Waals surface area contributed by atoms with Gasteiger partial charge in [0, 0.05) is 0 Å². The maximum absolute atomic E-state index is 2.38. The van der Waals surface area contributed by atoms with Crippen LogP contribution in [0.4, 0.5) is 0 Å². The van der Waals surface area contributed by atoms with E-state index >= 15 is 0 Å². The quantitative estimate of drug-likeness (QED) is 0.578. The number of hydrogen-bond donors (Lipinski definition) is 0. The first-order valence-corrected chi connectivity index (χ1v) is 5.13. The van der Waals surface area contributed by atoms with Gasteiger partial charge in [-0.1, -0.05) is 41.5 Å². The Morgan fingerprint density at radius 1 is 0.833 bits per heavy atom. The predicted octanol–water partition coefficient (Wildman–Crippen LogP) is 4.35. The summed E-state index contributed by atoms with van der Waals surface area (Å²) in [7, 11) is 0. The minimum atomic E-state index is 0. The molecule has 0 heterocycles. The van der Waals surface area contributed by atoms with Crippen molar-refractivity contribution in [1.82, 2.24) is 0 Å². The van der Waals surface area contributed by atoms with Gasteiger partial charge in [-0.2, -0.15) is 0 Å². The maximum Gasteiger partial charge on any atom is -0.0360 e. The molecule has 1 aliphatic rings. The van der Waals surface area contributed by atoms with Crippen molar-refractivity contribution < 1.29 is 0 Å². The topological polar surface area (TPSA) is 0 Å². The van der Waals surface area contributed by atoms with Gasteiger partial charge in [0.05, 0.1) is 0 Å². The van der Waals surface area contributed by atoms with Gasteiger partial charge < -0.3 is 0 Å². The molecule has 1 rings (SSSR count). The van der Waals surface area contributed by atoms with Crippen molar-refractivity contribution in [1.29, 1.82) is 0 Å². The summed E-state index contributed by atoms with van der Waals surface area (Å²) in [5.41, 5.74) is 0. The van der Waals surface area contributed by atoms with Crippen molar-refractivity contribution in [2.24, 2.45) is 23.7 Å². The highest BCUT2D eigenvalue weighted by molar-refractivity contribution is 4.81. The van der Waals surface area contributed by atoms with Crippen molar-refractivity contribution in [3.05, 3.63) is 0 Å². The van der Waals surface area contributed by atoms with Crippen LogP contribution in [0.1, 0.15) is 54.4 Å². The first kappa shape index (κ1) is 12.0. The molecular formula is C12H26. The molecule has 0 N–H and O–H groups in total. The van der Waals surface area contributed by atoms with Crippen LogP contribution in [-0.2, 0) is 0 Å². The molecule has 74 valence electrons. The lowest BCUT2D eigenvalue weighted by molar-refractivity contribution is 0.235. The fourth-order valence-corrected chi connectivity index (χ4v) is 2.67. The molecular weight excluding hydrogens is 144 g/mol. The Hall–Kier alpha value is 0. The maximum atomic E-state index is 2.38. The molecule has 0 spiro atoms. The zero-order chi connectivity index (χ0) is 8.43. The molecule has 0 radical (unpaired) electrons. The predicted molar refractivity (Wildman–Crippen MR) is 57.2 cm³/mol. The van der Waals surface area contributed by atoms with E-state index < -0.39 is 0 Å². The molecule has 0 aromatic heterocycles. The lowest BCUT2D eigenvalue weighted by Crippen LogP contribution is -2.18. The van der Waals surface area contributed by atoms with Gasteiger partial charge in [0.25, 0.3) is 0 Å². The van der Waals surface area contributed by atoms with Crippen molar-refractivity contribution in [3.63, 3.8) is 0 Å². The second kappa shape index (κ2) is 4.89. The van der Waals surface area contributed by atoms with E-state index in [-0.39, 0.29) is 7.43 Å². The van der Waals surface area contributed by atoms with Crippen LogP contribution in [0, 0.1) is 23.7 Å². The summed E-state index contributed by atoms with van der Waals surface area (Å²) < 4.78 is 0. The van der Waals surface area contributed by atoms with Crippen molar-refractivity contribution in [2.45, 2.75) is 54.4 Å². The van der Waals surface area contributed by atoms with Gasteiger partial charge in [-0.05, 0) is 36.5 Å². The second-order valence-corrected chi connectivity index (χ2v) is 4.75. The van der Waals surface area contributed by atoms with Crippen LogP contribution in [-0.4, -0.2) is 0 Å². The molecule has 0 unspecified atom stereocenters. The zero-order valence-corrected chi connectivity index (χ0v) is 8.43. The van der Waals surface area contributed by atoms with Gasteiger partial charge in [-0.3, -0.25) is 0 Å². The molecule has 0 saturated heterocycles. The van der Waals surface area contributed by atoms with Crippen LogP contribution >= 0.6 is 0 Å². The molecule has 12 heavy (non-hydrogen) atoms. The Morgan fingerprint density at radius 2 is 1.17 bits per heavy atom. The lowest BCUT2D eigenvalue weighted by Gasteiger charge is -2.26. The van der Waals surface area contributed by atoms with Gasteiger partial charge in [-0.15, -0.1) is 0 Å². The van der Waals surface area contributed by atoms with E-state index in [4.69, 9.17) is 0 Å². The Morgan fingerprint density at radius 3 is 1.42 bits per heavy atom. The molecule has 1 aliphatic carbocycles. The molecule has 0 amide bonds. The zero-order valence-electron chi connectivity index (χ0n) is 8.43. The molecule has 0 bridgehead atoms. The van der Waals surface area contributed by atoms with E-state index in [0.29, 0.717) is 0 Å².